The van der Waals surface area contributed by atoms with Crippen LogP contribution in [0.5, 0.6) is 0 Å². The molecule has 0 amide bonds. The predicted octanol–water partition coefficient (Wildman–Crippen LogP) is 4.49. The van der Waals surface area contributed by atoms with Crippen LogP contribution in [-0.4, -0.2) is 4.98 Å². The number of rotatable bonds is 2. The quantitative estimate of drug-likeness (QED) is 0.758. The number of nitrogens with zero attached hydrogens (tertiary/aromatic N) is 2. The molecule has 0 aliphatic carbocycles. The normalized spacial score (nSPS) is 10.3. The average Bonchev–Trinajstić information content (AvgIpc) is 2.55. The SMILES string of the molecule is Cc1ccc(-c2cc(-c3ccccc3C)nc(N)c2C#N)cc1. The van der Waals surface area contributed by atoms with E-state index in [1.54, 1.807) is 0 Å². The van der Waals surface area contributed by atoms with E-state index < -0.39 is 0 Å². The molecule has 23 heavy (non-hydrogen) atoms. The van der Waals surface area contributed by atoms with Crippen molar-refractivity contribution in [3.63, 3.8) is 0 Å². The molecule has 0 atom stereocenters. The van der Waals surface area contributed by atoms with Crippen LogP contribution in [0.1, 0.15) is 16.7 Å². The lowest BCUT2D eigenvalue weighted by molar-refractivity contribution is 1.29. The van der Waals surface area contributed by atoms with E-state index >= 15 is 0 Å². The Bertz CT molecular complexity index is 903. The van der Waals surface area contributed by atoms with Gasteiger partial charge in [-0.2, -0.15) is 5.26 Å². The first-order valence-corrected chi connectivity index (χ1v) is 7.44. The Morgan fingerprint density at radius 1 is 0.957 bits per heavy atom. The topological polar surface area (TPSA) is 62.7 Å². The number of nitrogens with two attached hydrogens (primary N) is 1. The number of benzene rings is 2. The Morgan fingerprint density at radius 2 is 1.65 bits per heavy atom. The second kappa shape index (κ2) is 5.94. The van der Waals surface area contributed by atoms with Gasteiger partial charge in [-0.1, -0.05) is 54.1 Å². The number of nitrogen functional groups attached to an aromatic ring is 1. The summed E-state index contributed by atoms with van der Waals surface area (Å²) < 4.78 is 0. The van der Waals surface area contributed by atoms with Gasteiger partial charge >= 0.3 is 0 Å². The molecular weight excluding hydrogens is 282 g/mol. The summed E-state index contributed by atoms with van der Waals surface area (Å²) in [6.07, 6.45) is 0. The van der Waals surface area contributed by atoms with Crippen LogP contribution in [0.2, 0.25) is 0 Å². The Labute approximate surface area is 136 Å². The maximum atomic E-state index is 9.46. The number of anilines is 1. The van der Waals surface area contributed by atoms with Gasteiger partial charge in [-0.3, -0.25) is 0 Å². The van der Waals surface area contributed by atoms with Crippen molar-refractivity contribution < 1.29 is 0 Å². The van der Waals surface area contributed by atoms with Crippen LogP contribution in [-0.2, 0) is 0 Å². The van der Waals surface area contributed by atoms with E-state index in [1.807, 2.05) is 68.4 Å². The highest BCUT2D eigenvalue weighted by atomic mass is 14.8. The van der Waals surface area contributed by atoms with Gasteiger partial charge in [0.1, 0.15) is 17.5 Å². The van der Waals surface area contributed by atoms with E-state index in [-0.39, 0.29) is 5.82 Å². The Balaban J connectivity index is 2.25. The molecule has 0 aliphatic rings. The summed E-state index contributed by atoms with van der Waals surface area (Å²) in [6.45, 7) is 4.08. The second-order valence-corrected chi connectivity index (χ2v) is 5.61. The standard InChI is InChI=1S/C20H17N3/c1-13-7-9-15(10-8-13)17-11-19(23-20(22)18(17)12-21)16-6-4-3-5-14(16)2/h3-11H,1-2H3,(H2,22,23). The lowest BCUT2D eigenvalue weighted by atomic mass is 9.96. The summed E-state index contributed by atoms with van der Waals surface area (Å²) in [7, 11) is 0. The van der Waals surface area contributed by atoms with Gasteiger partial charge in [0.05, 0.1) is 5.69 Å². The molecule has 3 aromatic rings. The van der Waals surface area contributed by atoms with E-state index in [0.717, 1.165) is 27.9 Å². The zero-order valence-corrected chi connectivity index (χ0v) is 13.2. The van der Waals surface area contributed by atoms with Crippen molar-refractivity contribution in [1.82, 2.24) is 4.98 Å². The van der Waals surface area contributed by atoms with Gasteiger partial charge < -0.3 is 5.73 Å². The Hall–Kier alpha value is -3.12. The number of aromatic nitrogens is 1. The van der Waals surface area contributed by atoms with Crippen molar-refractivity contribution in [2.75, 3.05) is 5.73 Å². The van der Waals surface area contributed by atoms with Crippen molar-refractivity contribution in [3.8, 4) is 28.5 Å². The predicted molar refractivity (Wildman–Crippen MR) is 93.7 cm³/mol. The van der Waals surface area contributed by atoms with Crippen LogP contribution >= 0.6 is 0 Å². The van der Waals surface area contributed by atoms with Crippen LogP contribution < -0.4 is 5.73 Å². The third-order valence-electron chi connectivity index (χ3n) is 3.94. The smallest absolute Gasteiger partial charge is 0.142 e. The van der Waals surface area contributed by atoms with Crippen molar-refractivity contribution in [3.05, 3.63) is 71.3 Å². The maximum Gasteiger partial charge on any atom is 0.142 e. The zero-order valence-electron chi connectivity index (χ0n) is 13.2. The molecule has 2 aromatic carbocycles. The van der Waals surface area contributed by atoms with E-state index in [2.05, 4.69) is 11.1 Å². The number of hydrogen-bond acceptors (Lipinski definition) is 3. The fourth-order valence-corrected chi connectivity index (χ4v) is 2.64. The maximum absolute atomic E-state index is 9.46. The molecule has 1 heterocycles. The van der Waals surface area contributed by atoms with E-state index in [9.17, 15) is 5.26 Å². The van der Waals surface area contributed by atoms with Crippen LogP contribution in [0.3, 0.4) is 0 Å². The lowest BCUT2D eigenvalue weighted by Gasteiger charge is -2.12. The van der Waals surface area contributed by atoms with Crippen molar-refractivity contribution in [2.24, 2.45) is 0 Å². The van der Waals surface area contributed by atoms with E-state index in [0.29, 0.717) is 5.56 Å². The molecule has 2 N–H and O–H groups in total. The number of nitriles is 1. The first-order valence-electron chi connectivity index (χ1n) is 7.44. The molecule has 1 aromatic heterocycles. The van der Waals surface area contributed by atoms with Gasteiger partial charge in [0.25, 0.3) is 0 Å². The molecule has 3 heteroatoms. The van der Waals surface area contributed by atoms with Crippen molar-refractivity contribution in [1.29, 1.82) is 5.26 Å². The fraction of sp³-hybridized carbons (Fsp3) is 0.100. The Kier molecular flexibility index (Phi) is 3.82. The second-order valence-electron chi connectivity index (χ2n) is 5.61. The molecule has 112 valence electrons. The minimum absolute atomic E-state index is 0.267. The average molecular weight is 299 g/mol. The summed E-state index contributed by atoms with van der Waals surface area (Å²) in [5, 5.41) is 9.46. The summed E-state index contributed by atoms with van der Waals surface area (Å²) >= 11 is 0. The lowest BCUT2D eigenvalue weighted by Crippen LogP contribution is -2.00. The molecule has 3 nitrogen and oxygen atoms in total. The highest BCUT2D eigenvalue weighted by molar-refractivity contribution is 5.80. The summed E-state index contributed by atoms with van der Waals surface area (Å²) in [5.41, 5.74) is 12.4. The third-order valence-corrected chi connectivity index (χ3v) is 3.94. The molecule has 0 unspecified atom stereocenters. The first kappa shape index (κ1) is 14.8. The van der Waals surface area contributed by atoms with Gasteiger partial charge in [0.15, 0.2) is 0 Å². The highest BCUT2D eigenvalue weighted by Crippen LogP contribution is 2.32. The van der Waals surface area contributed by atoms with Gasteiger partial charge in [0.2, 0.25) is 0 Å². The van der Waals surface area contributed by atoms with Crippen LogP contribution in [0.4, 0.5) is 5.82 Å². The number of hydrogen-bond donors (Lipinski definition) is 1. The van der Waals surface area contributed by atoms with Gasteiger partial charge in [-0.25, -0.2) is 4.98 Å². The van der Waals surface area contributed by atoms with Crippen LogP contribution in [0.15, 0.2) is 54.6 Å². The van der Waals surface area contributed by atoms with Gasteiger partial charge in [-0.15, -0.1) is 0 Å². The zero-order chi connectivity index (χ0) is 16.4. The molecular formula is C20H17N3. The molecule has 0 bridgehead atoms. The first-order chi connectivity index (χ1) is 11.1. The van der Waals surface area contributed by atoms with Gasteiger partial charge in [0, 0.05) is 11.1 Å². The molecule has 0 saturated heterocycles. The Morgan fingerprint density at radius 3 is 2.30 bits per heavy atom. The minimum Gasteiger partial charge on any atom is -0.383 e. The molecule has 0 radical (unpaired) electrons. The molecule has 0 spiro atoms. The largest absolute Gasteiger partial charge is 0.383 e. The monoisotopic (exact) mass is 299 g/mol. The summed E-state index contributed by atoms with van der Waals surface area (Å²) in [6, 6.07) is 20.2. The van der Waals surface area contributed by atoms with Crippen molar-refractivity contribution >= 4 is 5.82 Å². The third kappa shape index (κ3) is 2.79. The molecule has 0 aliphatic heterocycles. The summed E-state index contributed by atoms with van der Waals surface area (Å²) in [4.78, 5) is 4.43. The molecule has 0 fully saturated rings. The minimum atomic E-state index is 0.267. The number of pyridine rings is 1. The fourth-order valence-electron chi connectivity index (χ4n) is 2.64. The summed E-state index contributed by atoms with van der Waals surface area (Å²) in [5.74, 6) is 0.267. The van der Waals surface area contributed by atoms with Crippen LogP contribution in [0, 0.1) is 25.2 Å². The molecule has 0 saturated carbocycles. The van der Waals surface area contributed by atoms with Crippen LogP contribution in [0.25, 0.3) is 22.4 Å². The van der Waals surface area contributed by atoms with Crippen molar-refractivity contribution in [2.45, 2.75) is 13.8 Å². The van der Waals surface area contributed by atoms with E-state index in [4.69, 9.17) is 5.73 Å². The highest BCUT2D eigenvalue weighted by Gasteiger charge is 2.14. The number of aryl methyl sites for hydroxylation is 2. The van der Waals surface area contributed by atoms with Gasteiger partial charge in [-0.05, 0) is 31.0 Å². The van der Waals surface area contributed by atoms with E-state index in [1.165, 1.54) is 5.56 Å². The molecule has 3 rings (SSSR count).